The smallest absolute Gasteiger partial charge is 0.193 e. The maximum Gasteiger partial charge on any atom is 0.193 e. The molecule has 2 saturated carbocycles. The molecule has 1 aliphatic heterocycles. The first-order valence-electron chi connectivity index (χ1n) is 11.2. The highest BCUT2D eigenvalue weighted by molar-refractivity contribution is 6.74. The molecule has 5 atom stereocenters. The number of ether oxygens (including phenoxy) is 2. The maximum atomic E-state index is 10.8. The number of hydrogen-bond acceptors (Lipinski definition) is 4. The van der Waals surface area contributed by atoms with Crippen molar-refractivity contribution in [3.05, 3.63) is 0 Å². The van der Waals surface area contributed by atoms with Crippen LogP contribution in [0.25, 0.3) is 0 Å². The van der Waals surface area contributed by atoms with Crippen LogP contribution in [0.2, 0.25) is 18.1 Å². The quantitative estimate of drug-likeness (QED) is 0.392. The van der Waals surface area contributed by atoms with Crippen LogP contribution < -0.4 is 0 Å². The molecule has 0 amide bonds. The van der Waals surface area contributed by atoms with E-state index in [1.165, 1.54) is 12.8 Å². The third-order valence-electron chi connectivity index (χ3n) is 7.48. The van der Waals surface area contributed by atoms with Crippen molar-refractivity contribution in [3.8, 4) is 11.8 Å². The minimum atomic E-state index is -1.87. The molecule has 5 heteroatoms. The molecular weight excluding hydrogens is 368 g/mol. The van der Waals surface area contributed by atoms with Gasteiger partial charge >= 0.3 is 0 Å². The van der Waals surface area contributed by atoms with Gasteiger partial charge in [0.1, 0.15) is 6.10 Å². The van der Waals surface area contributed by atoms with Crippen LogP contribution >= 0.6 is 0 Å². The molecule has 1 saturated heterocycles. The van der Waals surface area contributed by atoms with E-state index in [4.69, 9.17) is 13.9 Å². The normalized spacial score (nSPS) is 32.5. The summed E-state index contributed by atoms with van der Waals surface area (Å²) in [5.41, 5.74) is 0. The van der Waals surface area contributed by atoms with Gasteiger partial charge in [-0.25, -0.2) is 0 Å². The summed E-state index contributed by atoms with van der Waals surface area (Å²) in [4.78, 5) is 0. The molecule has 5 unspecified atom stereocenters. The van der Waals surface area contributed by atoms with Crippen LogP contribution in [0.3, 0.4) is 0 Å². The van der Waals surface area contributed by atoms with E-state index in [9.17, 15) is 5.11 Å². The van der Waals surface area contributed by atoms with Crippen molar-refractivity contribution in [2.75, 3.05) is 13.2 Å². The van der Waals surface area contributed by atoms with Crippen molar-refractivity contribution in [2.45, 2.75) is 102 Å². The van der Waals surface area contributed by atoms with Gasteiger partial charge in [-0.15, -0.1) is 0 Å². The van der Waals surface area contributed by atoms with Gasteiger partial charge in [-0.1, -0.05) is 52.4 Å². The molecule has 3 fully saturated rings. The molecule has 0 aromatic carbocycles. The molecule has 0 aromatic rings. The second-order valence-corrected chi connectivity index (χ2v) is 15.2. The number of hydrogen-bond donors (Lipinski definition) is 1. The Labute approximate surface area is 172 Å². The lowest BCUT2D eigenvalue weighted by Crippen LogP contribution is -2.54. The van der Waals surface area contributed by atoms with Crippen LogP contribution in [0.5, 0.6) is 0 Å². The molecule has 0 radical (unpaired) electrons. The van der Waals surface area contributed by atoms with Gasteiger partial charge in [0.15, 0.2) is 14.1 Å². The van der Waals surface area contributed by atoms with Gasteiger partial charge in [-0.05, 0) is 43.3 Å². The molecule has 4 nitrogen and oxygen atoms in total. The van der Waals surface area contributed by atoms with Crippen molar-refractivity contribution in [2.24, 2.45) is 17.8 Å². The van der Waals surface area contributed by atoms with Gasteiger partial charge in [-0.3, -0.25) is 0 Å². The highest BCUT2D eigenvalue weighted by Gasteiger charge is 2.64. The largest absolute Gasteiger partial charge is 0.403 e. The van der Waals surface area contributed by atoms with Crippen LogP contribution in [0, 0.1) is 29.6 Å². The van der Waals surface area contributed by atoms with Crippen LogP contribution in [0.4, 0.5) is 0 Å². The third kappa shape index (κ3) is 4.37. The number of unbranched alkanes of at least 4 members (excludes halogenated alkanes) is 2. The molecule has 2 aliphatic carbocycles. The summed E-state index contributed by atoms with van der Waals surface area (Å²) < 4.78 is 18.4. The Balaban J connectivity index is 1.66. The minimum Gasteiger partial charge on any atom is -0.403 e. The Kier molecular flexibility index (Phi) is 6.69. The Bertz CT molecular complexity index is 594. The lowest BCUT2D eigenvalue weighted by atomic mass is 9.69. The number of fused-ring (bicyclic) bond motifs is 2. The first kappa shape index (κ1) is 22.3. The molecule has 1 spiro atoms. The number of aliphatic hydroxyl groups excluding tert-OH is 1. The number of rotatable bonds is 6. The lowest BCUT2D eigenvalue weighted by Gasteiger charge is -2.48. The number of aliphatic hydroxyl groups is 1. The van der Waals surface area contributed by atoms with Crippen LogP contribution in [-0.4, -0.2) is 44.6 Å². The topological polar surface area (TPSA) is 47.9 Å². The fourth-order valence-electron chi connectivity index (χ4n) is 4.63. The average Bonchev–Trinajstić information content (AvgIpc) is 3.17. The summed E-state index contributed by atoms with van der Waals surface area (Å²) >= 11 is 0. The second-order valence-electron chi connectivity index (χ2n) is 10.5. The van der Waals surface area contributed by atoms with Gasteiger partial charge in [0.2, 0.25) is 0 Å². The predicted octanol–water partition coefficient (Wildman–Crippen LogP) is 4.72. The Hall–Kier alpha value is -0.383. The predicted molar refractivity (Wildman–Crippen MR) is 114 cm³/mol. The van der Waals surface area contributed by atoms with Gasteiger partial charge in [0.25, 0.3) is 0 Å². The fraction of sp³-hybridized carbons (Fsp3) is 0.913. The molecule has 3 aliphatic rings. The zero-order valence-electron chi connectivity index (χ0n) is 18.7. The van der Waals surface area contributed by atoms with Crippen molar-refractivity contribution >= 4 is 8.32 Å². The molecule has 3 rings (SSSR count). The second kappa shape index (κ2) is 8.39. The van der Waals surface area contributed by atoms with Gasteiger partial charge in [0.05, 0.1) is 19.3 Å². The Morgan fingerprint density at radius 1 is 1.21 bits per heavy atom. The summed E-state index contributed by atoms with van der Waals surface area (Å²) in [6, 6.07) is 0. The maximum absolute atomic E-state index is 10.8. The summed E-state index contributed by atoms with van der Waals surface area (Å²) in [6.07, 6.45) is 5.86. The zero-order chi connectivity index (χ0) is 20.6. The van der Waals surface area contributed by atoms with Crippen molar-refractivity contribution < 1.29 is 19.0 Å². The zero-order valence-corrected chi connectivity index (χ0v) is 19.7. The third-order valence-corrected chi connectivity index (χ3v) is 12.0. The van der Waals surface area contributed by atoms with Gasteiger partial charge in [-0.2, -0.15) is 0 Å². The van der Waals surface area contributed by atoms with Gasteiger partial charge < -0.3 is 19.0 Å². The SMILES string of the molecule is CCCCCC(C#CC1CC2C(CC23OCCO3)C1O)O[Si](C)(C)C(C)(C)C. The molecule has 28 heavy (non-hydrogen) atoms. The van der Waals surface area contributed by atoms with Crippen molar-refractivity contribution in [1.29, 1.82) is 0 Å². The summed E-state index contributed by atoms with van der Waals surface area (Å²) in [7, 11) is -1.87. The van der Waals surface area contributed by atoms with E-state index in [0.29, 0.717) is 19.1 Å². The van der Waals surface area contributed by atoms with E-state index in [0.717, 1.165) is 25.7 Å². The first-order chi connectivity index (χ1) is 13.1. The average molecular weight is 409 g/mol. The highest BCUT2D eigenvalue weighted by atomic mass is 28.4. The van der Waals surface area contributed by atoms with E-state index in [1.54, 1.807) is 0 Å². The minimum absolute atomic E-state index is 0.0128. The van der Waals surface area contributed by atoms with Crippen molar-refractivity contribution in [1.82, 2.24) is 0 Å². The highest BCUT2D eigenvalue weighted by Crippen LogP contribution is 2.59. The Morgan fingerprint density at radius 2 is 1.89 bits per heavy atom. The van der Waals surface area contributed by atoms with E-state index in [2.05, 4.69) is 52.6 Å². The molecule has 1 heterocycles. The lowest BCUT2D eigenvalue weighted by molar-refractivity contribution is -0.275. The Morgan fingerprint density at radius 3 is 2.50 bits per heavy atom. The van der Waals surface area contributed by atoms with E-state index in [-0.39, 0.29) is 29.1 Å². The molecule has 160 valence electrons. The van der Waals surface area contributed by atoms with Crippen LogP contribution in [0.15, 0.2) is 0 Å². The monoisotopic (exact) mass is 408 g/mol. The summed E-state index contributed by atoms with van der Waals surface area (Å²) in [6.45, 7) is 15.0. The first-order valence-corrected chi connectivity index (χ1v) is 14.2. The van der Waals surface area contributed by atoms with E-state index < -0.39 is 14.1 Å². The molecule has 0 aromatic heterocycles. The fourth-order valence-corrected chi connectivity index (χ4v) is 5.87. The van der Waals surface area contributed by atoms with Crippen molar-refractivity contribution in [3.63, 3.8) is 0 Å². The van der Waals surface area contributed by atoms with Crippen LogP contribution in [-0.2, 0) is 13.9 Å². The van der Waals surface area contributed by atoms with Crippen LogP contribution in [0.1, 0.15) is 66.2 Å². The summed E-state index contributed by atoms with van der Waals surface area (Å²) in [5.74, 6) is 7.04. The summed E-state index contributed by atoms with van der Waals surface area (Å²) in [5, 5.41) is 10.9. The molecule has 0 bridgehead atoms. The molecule has 1 N–H and O–H groups in total. The standard InChI is InChI=1S/C23H40O4Si/c1-7-8-9-10-18(27-28(5,6)22(2,3)4)12-11-17-15-20-19(21(17)24)16-23(20)25-13-14-26-23/h17-21,24H,7-10,13-16H2,1-6H3. The molecular formula is C23H40O4Si. The van der Waals surface area contributed by atoms with Gasteiger partial charge in [0, 0.05) is 18.3 Å². The van der Waals surface area contributed by atoms with E-state index in [1.807, 2.05) is 0 Å². The van der Waals surface area contributed by atoms with E-state index >= 15 is 0 Å².